The van der Waals surface area contributed by atoms with Crippen LogP contribution < -0.4 is 4.74 Å². The van der Waals surface area contributed by atoms with Crippen LogP contribution in [0.2, 0.25) is 0 Å². The van der Waals surface area contributed by atoms with Gasteiger partial charge in [-0.2, -0.15) is 4.39 Å². The summed E-state index contributed by atoms with van der Waals surface area (Å²) in [6, 6.07) is 2.26. The van der Waals surface area contributed by atoms with Crippen LogP contribution in [0.4, 0.5) is 8.78 Å². The highest BCUT2D eigenvalue weighted by Crippen LogP contribution is 2.24. The summed E-state index contributed by atoms with van der Waals surface area (Å²) in [5, 5.41) is 8.79. The van der Waals surface area contributed by atoms with Crippen molar-refractivity contribution in [1.82, 2.24) is 0 Å². The first-order chi connectivity index (χ1) is 6.20. The van der Waals surface area contributed by atoms with Gasteiger partial charge in [-0.3, -0.25) is 0 Å². The highest BCUT2D eigenvalue weighted by atomic mass is 19.2. The number of aliphatic hydroxyl groups is 1. The van der Waals surface area contributed by atoms with Gasteiger partial charge >= 0.3 is 0 Å². The minimum atomic E-state index is -1.05. The molecule has 1 N–H and O–H groups in total. The van der Waals surface area contributed by atoms with E-state index in [4.69, 9.17) is 9.84 Å². The van der Waals surface area contributed by atoms with Crippen LogP contribution in [0.1, 0.15) is 12.5 Å². The molecular weight excluding hydrogens is 178 g/mol. The van der Waals surface area contributed by atoms with E-state index in [9.17, 15) is 8.78 Å². The van der Waals surface area contributed by atoms with Gasteiger partial charge in [0, 0.05) is 5.56 Å². The van der Waals surface area contributed by atoms with Crippen LogP contribution in [0.25, 0.3) is 0 Å². The zero-order valence-electron chi connectivity index (χ0n) is 7.18. The maximum atomic E-state index is 13.0. The maximum Gasteiger partial charge on any atom is 0.200 e. The molecule has 4 heteroatoms. The van der Waals surface area contributed by atoms with Crippen molar-refractivity contribution in [3.8, 4) is 5.75 Å². The average Bonchev–Trinajstić information content (AvgIpc) is 2.14. The van der Waals surface area contributed by atoms with E-state index >= 15 is 0 Å². The molecule has 0 spiro atoms. The van der Waals surface area contributed by atoms with Gasteiger partial charge in [0.2, 0.25) is 5.82 Å². The number of aliphatic hydroxyl groups excluding tert-OH is 1. The minimum Gasteiger partial charge on any atom is -0.490 e. The van der Waals surface area contributed by atoms with E-state index in [-0.39, 0.29) is 24.5 Å². The lowest BCUT2D eigenvalue weighted by Crippen LogP contribution is -2.01. The summed E-state index contributed by atoms with van der Waals surface area (Å²) in [6.45, 7) is 1.52. The second-order valence-corrected chi connectivity index (χ2v) is 2.44. The Hall–Kier alpha value is -1.16. The molecule has 1 aromatic rings. The molecule has 0 saturated carbocycles. The van der Waals surface area contributed by atoms with Crippen LogP contribution in [0.3, 0.4) is 0 Å². The van der Waals surface area contributed by atoms with Crippen molar-refractivity contribution in [2.45, 2.75) is 13.5 Å². The first-order valence-corrected chi connectivity index (χ1v) is 3.91. The number of halogens is 2. The number of benzene rings is 1. The van der Waals surface area contributed by atoms with Gasteiger partial charge in [-0.05, 0) is 19.1 Å². The molecule has 0 aliphatic carbocycles. The molecule has 0 atom stereocenters. The molecule has 1 rings (SSSR count). The normalized spacial score (nSPS) is 10.2. The van der Waals surface area contributed by atoms with Gasteiger partial charge in [0.1, 0.15) is 0 Å². The van der Waals surface area contributed by atoms with Crippen molar-refractivity contribution in [1.29, 1.82) is 0 Å². The van der Waals surface area contributed by atoms with E-state index < -0.39 is 11.6 Å². The molecule has 0 aromatic heterocycles. The van der Waals surface area contributed by atoms with Gasteiger partial charge in [0.25, 0.3) is 0 Å². The molecule has 2 nitrogen and oxygen atoms in total. The van der Waals surface area contributed by atoms with Crippen LogP contribution in [0.15, 0.2) is 12.1 Å². The van der Waals surface area contributed by atoms with Gasteiger partial charge in [-0.25, -0.2) is 4.39 Å². The Labute approximate surface area is 74.8 Å². The molecule has 0 radical (unpaired) electrons. The summed E-state index contributed by atoms with van der Waals surface area (Å²) < 4.78 is 30.6. The molecule has 13 heavy (non-hydrogen) atoms. The molecule has 0 unspecified atom stereocenters. The topological polar surface area (TPSA) is 29.5 Å². The highest BCUT2D eigenvalue weighted by molar-refractivity contribution is 5.35. The molecule has 0 saturated heterocycles. The lowest BCUT2D eigenvalue weighted by atomic mass is 10.2. The molecule has 0 fully saturated rings. The number of hydrogen-bond acceptors (Lipinski definition) is 2. The molecule has 0 bridgehead atoms. The molecule has 72 valence electrons. The fraction of sp³-hybridized carbons (Fsp3) is 0.333. The van der Waals surface area contributed by atoms with Crippen molar-refractivity contribution >= 4 is 0 Å². The lowest BCUT2D eigenvalue weighted by Gasteiger charge is -2.09. The molecular formula is C9H10F2O2. The lowest BCUT2D eigenvalue weighted by molar-refractivity contribution is 0.259. The SMILES string of the molecule is CCOc1c(CO)ccc(F)c1F. The van der Waals surface area contributed by atoms with Crippen molar-refractivity contribution in [2.75, 3.05) is 6.61 Å². The third kappa shape index (κ3) is 1.95. The second-order valence-electron chi connectivity index (χ2n) is 2.44. The molecule has 0 heterocycles. The van der Waals surface area contributed by atoms with Gasteiger partial charge < -0.3 is 9.84 Å². The van der Waals surface area contributed by atoms with Crippen LogP contribution in [0.5, 0.6) is 5.75 Å². The Morgan fingerprint density at radius 3 is 2.62 bits per heavy atom. The van der Waals surface area contributed by atoms with Gasteiger partial charge in [-0.1, -0.05) is 0 Å². The van der Waals surface area contributed by atoms with Crippen molar-refractivity contribution in [2.24, 2.45) is 0 Å². The second kappa shape index (κ2) is 4.18. The number of rotatable bonds is 3. The molecule has 0 amide bonds. The average molecular weight is 188 g/mol. The summed E-state index contributed by atoms with van der Waals surface area (Å²) in [7, 11) is 0. The zero-order chi connectivity index (χ0) is 9.84. The first-order valence-electron chi connectivity index (χ1n) is 3.91. The van der Waals surface area contributed by atoms with Crippen LogP contribution >= 0.6 is 0 Å². The summed E-state index contributed by atoms with van der Waals surface area (Å²) in [6.07, 6.45) is 0. The Morgan fingerprint density at radius 2 is 2.08 bits per heavy atom. The molecule has 1 aromatic carbocycles. The Bertz CT molecular complexity index is 300. The van der Waals surface area contributed by atoms with Gasteiger partial charge in [-0.15, -0.1) is 0 Å². The molecule has 0 aliphatic heterocycles. The zero-order valence-corrected chi connectivity index (χ0v) is 7.18. The van der Waals surface area contributed by atoms with Gasteiger partial charge in [0.15, 0.2) is 11.6 Å². The predicted molar refractivity (Wildman–Crippen MR) is 43.4 cm³/mol. The number of hydrogen-bond donors (Lipinski definition) is 1. The van der Waals surface area contributed by atoms with Crippen LogP contribution in [-0.2, 0) is 6.61 Å². The third-order valence-corrected chi connectivity index (χ3v) is 1.59. The fourth-order valence-electron chi connectivity index (χ4n) is 0.997. The third-order valence-electron chi connectivity index (χ3n) is 1.59. The van der Waals surface area contributed by atoms with Crippen molar-refractivity contribution < 1.29 is 18.6 Å². The van der Waals surface area contributed by atoms with Crippen LogP contribution in [0, 0.1) is 11.6 Å². The van der Waals surface area contributed by atoms with E-state index in [0.29, 0.717) is 0 Å². The highest BCUT2D eigenvalue weighted by Gasteiger charge is 2.13. The Kier molecular flexibility index (Phi) is 3.19. The van der Waals surface area contributed by atoms with E-state index in [1.807, 2.05) is 0 Å². The first kappa shape index (κ1) is 9.92. The summed E-state index contributed by atoms with van der Waals surface area (Å²) in [4.78, 5) is 0. The van der Waals surface area contributed by atoms with Crippen LogP contribution in [-0.4, -0.2) is 11.7 Å². The standard InChI is InChI=1S/C9H10F2O2/c1-2-13-9-6(5-12)3-4-7(10)8(9)11/h3-4,12H,2,5H2,1H3. The molecule has 0 aliphatic rings. The van der Waals surface area contributed by atoms with E-state index in [2.05, 4.69) is 0 Å². The van der Waals surface area contributed by atoms with E-state index in [1.54, 1.807) is 6.92 Å². The van der Waals surface area contributed by atoms with Gasteiger partial charge in [0.05, 0.1) is 13.2 Å². The number of ether oxygens (including phenoxy) is 1. The quantitative estimate of drug-likeness (QED) is 0.784. The minimum absolute atomic E-state index is 0.204. The smallest absolute Gasteiger partial charge is 0.200 e. The van der Waals surface area contributed by atoms with E-state index in [1.165, 1.54) is 6.07 Å². The van der Waals surface area contributed by atoms with Crippen molar-refractivity contribution in [3.05, 3.63) is 29.3 Å². The maximum absolute atomic E-state index is 13.0. The monoisotopic (exact) mass is 188 g/mol. The Morgan fingerprint density at radius 1 is 1.38 bits per heavy atom. The summed E-state index contributed by atoms with van der Waals surface area (Å²) in [5.41, 5.74) is 0.251. The Balaban J connectivity index is 3.15. The summed E-state index contributed by atoms with van der Waals surface area (Å²) in [5.74, 6) is -2.22. The summed E-state index contributed by atoms with van der Waals surface area (Å²) >= 11 is 0. The predicted octanol–water partition coefficient (Wildman–Crippen LogP) is 1.86. The van der Waals surface area contributed by atoms with Crippen molar-refractivity contribution in [3.63, 3.8) is 0 Å². The fourth-order valence-corrected chi connectivity index (χ4v) is 0.997. The van der Waals surface area contributed by atoms with E-state index in [0.717, 1.165) is 6.07 Å². The largest absolute Gasteiger partial charge is 0.490 e.